The average Bonchev–Trinajstić information content (AvgIpc) is 3.43. The van der Waals surface area contributed by atoms with Gasteiger partial charge in [-0.2, -0.15) is 0 Å². The first-order valence-corrected chi connectivity index (χ1v) is 12.8. The second-order valence-electron chi connectivity index (χ2n) is 9.89. The smallest absolute Gasteiger partial charge is 0.251 e. The van der Waals surface area contributed by atoms with E-state index in [2.05, 4.69) is 39.9 Å². The Kier molecular flexibility index (Phi) is 7.23. The fourth-order valence-corrected chi connectivity index (χ4v) is 4.33. The molecule has 39 heavy (non-hydrogen) atoms. The third-order valence-electron chi connectivity index (χ3n) is 6.61. The second-order valence-corrected chi connectivity index (χ2v) is 9.89. The van der Waals surface area contributed by atoms with Crippen molar-refractivity contribution in [3.63, 3.8) is 0 Å². The number of aromatic nitrogens is 2. The summed E-state index contributed by atoms with van der Waals surface area (Å²) < 4.78 is 15.3. The number of hydrogen-bond donors (Lipinski definition) is 2. The molecule has 0 bridgehead atoms. The highest BCUT2D eigenvalue weighted by atomic mass is 19.1. The van der Waals surface area contributed by atoms with Crippen LogP contribution in [-0.2, 0) is 4.79 Å². The molecule has 2 N–H and O–H groups in total. The van der Waals surface area contributed by atoms with Crippen LogP contribution in [0, 0.1) is 11.7 Å². The highest BCUT2D eigenvalue weighted by molar-refractivity contribution is 5.99. The van der Waals surface area contributed by atoms with Crippen LogP contribution in [-0.4, -0.2) is 21.4 Å². The summed E-state index contributed by atoms with van der Waals surface area (Å²) in [5, 5.41) is 8.14. The van der Waals surface area contributed by atoms with E-state index in [0.29, 0.717) is 22.5 Å². The van der Waals surface area contributed by atoms with E-state index in [-0.39, 0.29) is 29.6 Å². The Balaban J connectivity index is 1.47. The minimum Gasteiger partial charge on any atom is -0.346 e. The molecule has 0 aliphatic rings. The number of rotatable bonds is 7. The number of benzene rings is 4. The van der Waals surface area contributed by atoms with Crippen LogP contribution >= 0.6 is 0 Å². The Morgan fingerprint density at radius 1 is 0.872 bits per heavy atom. The van der Waals surface area contributed by atoms with Gasteiger partial charge in [-0.1, -0.05) is 56.3 Å². The van der Waals surface area contributed by atoms with Gasteiger partial charge in [-0.25, -0.2) is 9.37 Å². The van der Waals surface area contributed by atoms with Crippen LogP contribution < -0.4 is 10.6 Å². The first-order chi connectivity index (χ1) is 18.8. The molecule has 0 fully saturated rings. The number of imidazole rings is 1. The zero-order valence-electron chi connectivity index (χ0n) is 22.0. The summed E-state index contributed by atoms with van der Waals surface area (Å²) >= 11 is 0. The number of halogens is 1. The van der Waals surface area contributed by atoms with Crippen LogP contribution in [0.3, 0.4) is 0 Å². The summed E-state index contributed by atoms with van der Waals surface area (Å²) in [5.41, 5.74) is 3.97. The van der Waals surface area contributed by atoms with E-state index in [1.807, 2.05) is 55.8 Å². The van der Waals surface area contributed by atoms with Crippen molar-refractivity contribution in [1.82, 2.24) is 14.9 Å². The van der Waals surface area contributed by atoms with Gasteiger partial charge in [0.15, 0.2) is 0 Å². The molecule has 5 aromatic rings. The summed E-state index contributed by atoms with van der Waals surface area (Å²) in [6.45, 7) is 5.45. The second kappa shape index (κ2) is 10.9. The standard InChI is InChI=1S/C32H29FN4O2/c1-20(2)31(38)36-28-15-25(14-26(16-28)32(39)35-21(3)22-8-11-27(33)12-9-22)30-18-37(19-34-30)29-13-10-23-6-4-5-7-24(23)17-29/h4-21H,1-3H3,(H,35,39)(H,36,38)/t21-/m1/s1. The molecule has 0 unspecified atom stereocenters. The van der Waals surface area contributed by atoms with Crippen molar-refractivity contribution in [3.05, 3.63) is 114 Å². The number of nitrogens with one attached hydrogen (secondary N) is 2. The Labute approximate surface area is 226 Å². The minimum atomic E-state index is -0.345. The largest absolute Gasteiger partial charge is 0.346 e. The number of amides is 2. The van der Waals surface area contributed by atoms with Crippen molar-refractivity contribution in [2.75, 3.05) is 5.32 Å². The number of hydrogen-bond acceptors (Lipinski definition) is 3. The molecule has 0 aliphatic heterocycles. The molecule has 1 atom stereocenters. The maximum atomic E-state index is 13.3. The maximum absolute atomic E-state index is 13.3. The first-order valence-electron chi connectivity index (χ1n) is 12.8. The van der Waals surface area contributed by atoms with Crippen molar-refractivity contribution in [3.8, 4) is 16.9 Å². The van der Waals surface area contributed by atoms with E-state index in [1.165, 1.54) is 12.1 Å². The van der Waals surface area contributed by atoms with E-state index in [1.54, 1.807) is 30.6 Å². The SMILES string of the molecule is CC(C)C(=O)Nc1cc(C(=O)N[C@H](C)c2ccc(F)cc2)cc(-c2cn(-c3ccc4ccccc4c3)cn2)c1. The van der Waals surface area contributed by atoms with Gasteiger partial charge >= 0.3 is 0 Å². The summed E-state index contributed by atoms with van der Waals surface area (Å²) in [6.07, 6.45) is 3.63. The number of fused-ring (bicyclic) bond motifs is 1. The van der Waals surface area contributed by atoms with Gasteiger partial charge in [0.1, 0.15) is 5.82 Å². The molecule has 0 saturated heterocycles. The first kappa shape index (κ1) is 25.9. The zero-order chi connectivity index (χ0) is 27.5. The molecule has 0 spiro atoms. The van der Waals surface area contributed by atoms with E-state index in [4.69, 9.17) is 0 Å². The van der Waals surface area contributed by atoms with Gasteiger partial charge in [-0.15, -0.1) is 0 Å². The maximum Gasteiger partial charge on any atom is 0.251 e. The predicted molar refractivity (Wildman–Crippen MR) is 152 cm³/mol. The molecule has 0 saturated carbocycles. The van der Waals surface area contributed by atoms with Crippen molar-refractivity contribution in [1.29, 1.82) is 0 Å². The van der Waals surface area contributed by atoms with E-state index in [9.17, 15) is 14.0 Å². The minimum absolute atomic E-state index is 0.153. The Morgan fingerprint density at radius 2 is 1.62 bits per heavy atom. The Hall–Kier alpha value is -4.78. The average molecular weight is 521 g/mol. The number of anilines is 1. The molecule has 1 heterocycles. The predicted octanol–water partition coefficient (Wildman–Crippen LogP) is 6.92. The monoisotopic (exact) mass is 520 g/mol. The molecule has 2 amide bonds. The number of nitrogens with zero attached hydrogens (tertiary/aromatic N) is 2. The van der Waals surface area contributed by atoms with Gasteiger partial charge in [-0.3, -0.25) is 9.59 Å². The van der Waals surface area contributed by atoms with Gasteiger partial charge in [0.05, 0.1) is 18.1 Å². The fourth-order valence-electron chi connectivity index (χ4n) is 4.33. The van der Waals surface area contributed by atoms with E-state index < -0.39 is 0 Å². The molecule has 0 radical (unpaired) electrons. The topological polar surface area (TPSA) is 76.0 Å². The highest BCUT2D eigenvalue weighted by Gasteiger charge is 2.17. The van der Waals surface area contributed by atoms with Crippen molar-refractivity contribution in [2.24, 2.45) is 5.92 Å². The molecule has 5 rings (SSSR count). The van der Waals surface area contributed by atoms with E-state index >= 15 is 0 Å². The molecule has 0 aliphatic carbocycles. The van der Waals surface area contributed by atoms with Crippen molar-refractivity contribution >= 4 is 28.3 Å². The lowest BCUT2D eigenvalue weighted by Gasteiger charge is -2.16. The van der Waals surface area contributed by atoms with Gasteiger partial charge < -0.3 is 15.2 Å². The molecular formula is C32H29FN4O2. The van der Waals surface area contributed by atoms with Crippen molar-refractivity contribution < 1.29 is 14.0 Å². The lowest BCUT2D eigenvalue weighted by Crippen LogP contribution is -2.27. The van der Waals surface area contributed by atoms with Gasteiger partial charge in [0.25, 0.3) is 5.91 Å². The third-order valence-corrected chi connectivity index (χ3v) is 6.61. The molecule has 6 nitrogen and oxygen atoms in total. The van der Waals surface area contributed by atoms with Gasteiger partial charge in [0.2, 0.25) is 5.91 Å². The van der Waals surface area contributed by atoms with Gasteiger partial charge in [-0.05, 0) is 65.7 Å². The lowest BCUT2D eigenvalue weighted by molar-refractivity contribution is -0.118. The van der Waals surface area contributed by atoms with E-state index in [0.717, 1.165) is 22.0 Å². The molecule has 4 aromatic carbocycles. The van der Waals surface area contributed by atoms with Crippen LogP contribution in [0.4, 0.5) is 10.1 Å². The summed E-state index contributed by atoms with van der Waals surface area (Å²) in [6, 6.07) is 25.2. The third kappa shape index (κ3) is 5.88. The molecule has 196 valence electrons. The quantitative estimate of drug-likeness (QED) is 0.245. The van der Waals surface area contributed by atoms with Crippen molar-refractivity contribution in [2.45, 2.75) is 26.8 Å². The molecule has 7 heteroatoms. The summed E-state index contributed by atoms with van der Waals surface area (Å²) in [4.78, 5) is 30.3. The lowest BCUT2D eigenvalue weighted by atomic mass is 10.0. The summed E-state index contributed by atoms with van der Waals surface area (Å²) in [7, 11) is 0. The fraction of sp³-hybridized carbons (Fsp3) is 0.156. The van der Waals surface area contributed by atoms with Crippen LogP contribution in [0.2, 0.25) is 0 Å². The van der Waals surface area contributed by atoms with Crippen LogP contribution in [0.5, 0.6) is 0 Å². The Bertz CT molecular complexity index is 1660. The van der Waals surface area contributed by atoms with Crippen LogP contribution in [0.15, 0.2) is 97.5 Å². The van der Waals surface area contributed by atoms with Crippen LogP contribution in [0.1, 0.15) is 42.7 Å². The normalized spacial score (nSPS) is 11.9. The Morgan fingerprint density at radius 3 is 2.36 bits per heavy atom. The summed E-state index contributed by atoms with van der Waals surface area (Å²) in [5.74, 6) is -1.03. The molecular weight excluding hydrogens is 491 g/mol. The van der Waals surface area contributed by atoms with Gasteiger partial charge in [0, 0.05) is 34.6 Å². The van der Waals surface area contributed by atoms with Crippen LogP contribution in [0.25, 0.3) is 27.7 Å². The number of carbonyl (C=O) groups is 2. The molecule has 1 aromatic heterocycles. The number of carbonyl (C=O) groups excluding carboxylic acids is 2. The zero-order valence-corrected chi connectivity index (χ0v) is 22.0. The highest BCUT2D eigenvalue weighted by Crippen LogP contribution is 2.27.